The fourth-order valence-corrected chi connectivity index (χ4v) is 2.71. The number of carbonyl (C=O) groups excluding carboxylic acids is 1. The highest BCUT2D eigenvalue weighted by molar-refractivity contribution is 6.30. The zero-order valence-electron chi connectivity index (χ0n) is 12.3. The number of hydrogen-bond donors (Lipinski definition) is 0. The Balaban J connectivity index is 2.20. The molecule has 0 amide bonds. The molecule has 0 unspecified atom stereocenters. The number of carbonyl (C=O) groups is 1. The van der Waals surface area contributed by atoms with Crippen LogP contribution >= 0.6 is 11.6 Å². The van der Waals surface area contributed by atoms with E-state index in [1.54, 1.807) is 32.2 Å². The normalized spacial score (nSPS) is 11.1. The number of aromatic nitrogens is 2. The first-order valence-corrected chi connectivity index (χ1v) is 7.04. The number of nitrogens with zero attached hydrogens (tertiary/aromatic N) is 2. The lowest BCUT2D eigenvalue weighted by Gasteiger charge is -2.07. The van der Waals surface area contributed by atoms with E-state index in [0.29, 0.717) is 32.9 Å². The van der Waals surface area contributed by atoms with Gasteiger partial charge in [0.05, 0.1) is 5.52 Å². The van der Waals surface area contributed by atoms with Crippen molar-refractivity contribution in [1.82, 2.24) is 9.55 Å². The van der Waals surface area contributed by atoms with Crippen molar-refractivity contribution in [2.24, 2.45) is 7.05 Å². The monoisotopic (exact) mass is 316 g/mol. The molecule has 0 atom stereocenters. The Morgan fingerprint density at radius 1 is 1.32 bits per heavy atom. The number of halogens is 1. The molecule has 2 aromatic heterocycles. The molecule has 0 bridgehead atoms. The van der Waals surface area contributed by atoms with Crippen molar-refractivity contribution in [3.8, 4) is 0 Å². The summed E-state index contributed by atoms with van der Waals surface area (Å²) in [6.07, 6.45) is 1.50. The lowest BCUT2D eigenvalue weighted by molar-refractivity contribution is 0.103. The topological polar surface area (TPSA) is 65.1 Å². The number of pyridine rings is 1. The fraction of sp³-hybridized carbons (Fsp3) is 0.188. The highest BCUT2D eigenvalue weighted by atomic mass is 35.5. The molecule has 5 nitrogen and oxygen atoms in total. The second kappa shape index (κ2) is 5.10. The van der Waals surface area contributed by atoms with E-state index in [4.69, 9.17) is 16.0 Å². The summed E-state index contributed by atoms with van der Waals surface area (Å²) in [7, 11) is 1.63. The summed E-state index contributed by atoms with van der Waals surface area (Å²) >= 11 is 5.97. The van der Waals surface area contributed by atoms with Gasteiger partial charge in [-0.25, -0.2) is 9.78 Å². The highest BCUT2D eigenvalue weighted by Gasteiger charge is 2.17. The first-order valence-electron chi connectivity index (χ1n) is 6.66. The van der Waals surface area contributed by atoms with Gasteiger partial charge in [-0.2, -0.15) is 0 Å². The molecular formula is C16H13ClN2O3. The summed E-state index contributed by atoms with van der Waals surface area (Å²) < 4.78 is 6.60. The predicted octanol–water partition coefficient (Wildman–Crippen LogP) is 3.03. The summed E-state index contributed by atoms with van der Waals surface area (Å²) in [4.78, 5) is 28.3. The average molecular weight is 317 g/mol. The van der Waals surface area contributed by atoms with Gasteiger partial charge in [0.2, 0.25) is 0 Å². The SMILES string of the molecule is Cc1c(C(=O)c2cc(C)c3c(c2)oc(=O)n3C)ccnc1Cl. The first-order chi connectivity index (χ1) is 10.4. The van der Waals surface area contributed by atoms with Crippen LogP contribution in [0, 0.1) is 13.8 Å². The lowest BCUT2D eigenvalue weighted by atomic mass is 9.99. The molecular weight excluding hydrogens is 304 g/mol. The van der Waals surface area contributed by atoms with E-state index < -0.39 is 5.76 Å². The van der Waals surface area contributed by atoms with Gasteiger partial charge in [0.25, 0.3) is 0 Å². The fourth-order valence-electron chi connectivity index (χ4n) is 2.55. The molecule has 112 valence electrons. The molecule has 22 heavy (non-hydrogen) atoms. The Labute approximate surface area is 131 Å². The molecule has 0 spiro atoms. The standard InChI is InChI=1S/C16H13ClN2O3/c1-8-6-10(7-12-13(8)19(3)16(21)22-12)14(20)11-4-5-18-15(17)9(11)2/h4-7H,1-3H3. The van der Waals surface area contributed by atoms with Crippen LogP contribution in [0.25, 0.3) is 11.1 Å². The van der Waals surface area contributed by atoms with Gasteiger partial charge in [-0.1, -0.05) is 11.6 Å². The van der Waals surface area contributed by atoms with E-state index in [1.807, 2.05) is 6.92 Å². The van der Waals surface area contributed by atoms with Crippen LogP contribution < -0.4 is 5.76 Å². The Kier molecular flexibility index (Phi) is 3.37. The lowest BCUT2D eigenvalue weighted by Crippen LogP contribution is -2.09. The predicted molar refractivity (Wildman–Crippen MR) is 83.6 cm³/mol. The molecule has 0 saturated heterocycles. The van der Waals surface area contributed by atoms with Gasteiger partial charge in [-0.05, 0) is 43.2 Å². The number of aryl methyl sites for hydroxylation is 2. The van der Waals surface area contributed by atoms with Crippen molar-refractivity contribution < 1.29 is 9.21 Å². The minimum atomic E-state index is -0.453. The summed E-state index contributed by atoms with van der Waals surface area (Å²) in [5.74, 6) is -0.635. The van der Waals surface area contributed by atoms with E-state index in [1.165, 1.54) is 10.8 Å². The number of oxazole rings is 1. The number of rotatable bonds is 2. The Morgan fingerprint density at radius 2 is 2.05 bits per heavy atom. The minimum Gasteiger partial charge on any atom is -0.408 e. The van der Waals surface area contributed by atoms with Crippen molar-refractivity contribution in [3.05, 3.63) is 62.4 Å². The largest absolute Gasteiger partial charge is 0.419 e. The molecule has 3 aromatic rings. The number of hydrogen-bond acceptors (Lipinski definition) is 4. The van der Waals surface area contributed by atoms with Crippen LogP contribution in [-0.4, -0.2) is 15.3 Å². The second-order valence-corrected chi connectivity index (χ2v) is 5.53. The third kappa shape index (κ3) is 2.14. The van der Waals surface area contributed by atoms with Crippen molar-refractivity contribution in [2.45, 2.75) is 13.8 Å². The highest BCUT2D eigenvalue weighted by Crippen LogP contribution is 2.24. The molecule has 6 heteroatoms. The maximum atomic E-state index is 12.7. The number of fused-ring (bicyclic) bond motifs is 1. The van der Waals surface area contributed by atoms with E-state index in [-0.39, 0.29) is 5.78 Å². The molecule has 0 fully saturated rings. The van der Waals surface area contributed by atoms with Crippen molar-refractivity contribution in [3.63, 3.8) is 0 Å². The minimum absolute atomic E-state index is 0.182. The summed E-state index contributed by atoms with van der Waals surface area (Å²) in [6, 6.07) is 4.96. The number of ketones is 1. The molecule has 0 aliphatic heterocycles. The third-order valence-electron chi connectivity index (χ3n) is 3.72. The van der Waals surface area contributed by atoms with Gasteiger partial charge in [0, 0.05) is 24.4 Å². The van der Waals surface area contributed by atoms with Gasteiger partial charge in [-0.3, -0.25) is 9.36 Å². The summed E-state index contributed by atoms with van der Waals surface area (Å²) in [5, 5.41) is 0.301. The molecule has 0 N–H and O–H groups in total. The molecule has 3 rings (SSSR count). The smallest absolute Gasteiger partial charge is 0.408 e. The number of benzene rings is 1. The molecule has 0 radical (unpaired) electrons. The summed E-state index contributed by atoms with van der Waals surface area (Å²) in [5.41, 5.74) is 3.44. The van der Waals surface area contributed by atoms with Crippen LogP contribution in [0.4, 0.5) is 0 Å². The van der Waals surface area contributed by atoms with E-state index >= 15 is 0 Å². The van der Waals surface area contributed by atoms with Gasteiger partial charge in [0.1, 0.15) is 5.15 Å². The van der Waals surface area contributed by atoms with Crippen LogP contribution in [0.15, 0.2) is 33.6 Å². The Hall–Kier alpha value is -2.40. The van der Waals surface area contributed by atoms with Crippen molar-refractivity contribution in [1.29, 1.82) is 0 Å². The van der Waals surface area contributed by atoms with Gasteiger partial charge >= 0.3 is 5.76 Å². The third-order valence-corrected chi connectivity index (χ3v) is 4.10. The van der Waals surface area contributed by atoms with Crippen LogP contribution in [-0.2, 0) is 7.05 Å². The Morgan fingerprint density at radius 3 is 2.77 bits per heavy atom. The van der Waals surface area contributed by atoms with E-state index in [9.17, 15) is 9.59 Å². The zero-order valence-corrected chi connectivity index (χ0v) is 13.1. The van der Waals surface area contributed by atoms with Gasteiger partial charge in [0.15, 0.2) is 11.4 Å². The quantitative estimate of drug-likeness (QED) is 0.538. The van der Waals surface area contributed by atoms with E-state index in [0.717, 1.165) is 5.56 Å². The van der Waals surface area contributed by atoms with Crippen molar-refractivity contribution >= 4 is 28.5 Å². The zero-order chi connectivity index (χ0) is 16.0. The summed E-state index contributed by atoms with van der Waals surface area (Å²) in [6.45, 7) is 3.58. The maximum Gasteiger partial charge on any atom is 0.419 e. The average Bonchev–Trinajstić information content (AvgIpc) is 2.76. The first kappa shape index (κ1) is 14.5. The maximum absolute atomic E-state index is 12.7. The molecule has 2 heterocycles. The molecule has 0 aliphatic carbocycles. The van der Waals surface area contributed by atoms with Crippen LogP contribution in [0.2, 0.25) is 5.15 Å². The molecule has 1 aromatic carbocycles. The Bertz CT molecular complexity index is 969. The molecule has 0 aliphatic rings. The van der Waals surface area contributed by atoms with Gasteiger partial charge in [-0.15, -0.1) is 0 Å². The second-order valence-electron chi connectivity index (χ2n) is 5.17. The molecule has 0 saturated carbocycles. The van der Waals surface area contributed by atoms with Gasteiger partial charge < -0.3 is 4.42 Å². The van der Waals surface area contributed by atoms with Crippen molar-refractivity contribution in [2.75, 3.05) is 0 Å². The van der Waals surface area contributed by atoms with E-state index in [2.05, 4.69) is 4.98 Å². The van der Waals surface area contributed by atoms with Crippen LogP contribution in [0.5, 0.6) is 0 Å². The van der Waals surface area contributed by atoms with Crippen LogP contribution in [0.1, 0.15) is 27.0 Å². The van der Waals surface area contributed by atoms with Crippen LogP contribution in [0.3, 0.4) is 0 Å².